The Morgan fingerprint density at radius 3 is 2.40 bits per heavy atom. The first-order valence-corrected chi connectivity index (χ1v) is 7.71. The third-order valence-electron chi connectivity index (χ3n) is 3.45. The number of carbonyl (C=O) groups excluding carboxylic acids is 1. The second kappa shape index (κ2) is 8.31. The lowest BCUT2D eigenvalue weighted by Crippen LogP contribution is -2.13. The van der Waals surface area contributed by atoms with Gasteiger partial charge in [-0.3, -0.25) is 4.79 Å². The van der Waals surface area contributed by atoms with Gasteiger partial charge in [0.1, 0.15) is 6.17 Å². The van der Waals surface area contributed by atoms with Gasteiger partial charge in [0, 0.05) is 40.6 Å². The Hall–Kier alpha value is -2.12. The van der Waals surface area contributed by atoms with Crippen molar-refractivity contribution in [3.63, 3.8) is 0 Å². The molecule has 2 aromatic carbocycles. The molecule has 0 radical (unpaired) electrons. The maximum atomic E-state index is 14.1. The normalized spacial score (nSPS) is 12.1. The molecular formula is C17H14ClF4NO2. The third kappa shape index (κ3) is 4.70. The van der Waals surface area contributed by atoms with Gasteiger partial charge in [-0.05, 0) is 31.0 Å². The molecule has 1 amide bonds. The molecule has 0 aromatic heterocycles. The van der Waals surface area contributed by atoms with E-state index in [0.29, 0.717) is 12.1 Å². The predicted octanol–water partition coefficient (Wildman–Crippen LogP) is 4.79. The summed E-state index contributed by atoms with van der Waals surface area (Å²) in [5.74, 6) is -5.30. The van der Waals surface area contributed by atoms with Crippen LogP contribution in [0.3, 0.4) is 0 Å². The molecule has 8 heteroatoms. The molecule has 0 fully saturated rings. The van der Waals surface area contributed by atoms with Crippen molar-refractivity contribution in [2.45, 2.75) is 19.0 Å². The highest BCUT2D eigenvalue weighted by Crippen LogP contribution is 2.30. The smallest absolute Gasteiger partial charge is 0.255 e. The highest BCUT2D eigenvalue weighted by Gasteiger charge is 2.17. The standard InChI is InChI=1S/C17H14ClF4NO2/c18-12-4-3-9(6-11(12)13(19)2-1-5-24)17(25)23-10-7-14(20)16(22)15(21)8-10/h3-4,6-8,13,24H,1-2,5H2,(H,23,25). The zero-order valence-electron chi connectivity index (χ0n) is 12.8. The van der Waals surface area contributed by atoms with E-state index < -0.39 is 29.5 Å². The highest BCUT2D eigenvalue weighted by atomic mass is 35.5. The van der Waals surface area contributed by atoms with E-state index in [-0.39, 0.29) is 41.3 Å². The first kappa shape index (κ1) is 19.2. The molecule has 0 saturated heterocycles. The first-order valence-electron chi connectivity index (χ1n) is 7.33. The van der Waals surface area contributed by atoms with Gasteiger partial charge in [0.15, 0.2) is 17.5 Å². The maximum Gasteiger partial charge on any atom is 0.255 e. The molecule has 0 bridgehead atoms. The van der Waals surface area contributed by atoms with E-state index in [9.17, 15) is 22.4 Å². The first-order chi connectivity index (χ1) is 11.8. The van der Waals surface area contributed by atoms with Crippen LogP contribution in [-0.4, -0.2) is 17.6 Å². The van der Waals surface area contributed by atoms with Gasteiger partial charge in [0.2, 0.25) is 0 Å². The van der Waals surface area contributed by atoms with Gasteiger partial charge in [-0.25, -0.2) is 17.6 Å². The quantitative estimate of drug-likeness (QED) is 0.563. The molecule has 1 unspecified atom stereocenters. The van der Waals surface area contributed by atoms with E-state index in [0.717, 1.165) is 0 Å². The van der Waals surface area contributed by atoms with Crippen molar-refractivity contribution in [1.82, 2.24) is 0 Å². The van der Waals surface area contributed by atoms with Crippen molar-refractivity contribution in [3.05, 3.63) is 63.9 Å². The fraction of sp³-hybridized carbons (Fsp3) is 0.235. The monoisotopic (exact) mass is 375 g/mol. The Balaban J connectivity index is 2.22. The number of aliphatic hydroxyl groups is 1. The molecule has 0 saturated carbocycles. The van der Waals surface area contributed by atoms with E-state index in [1.165, 1.54) is 18.2 Å². The molecule has 1 atom stereocenters. The van der Waals surface area contributed by atoms with Gasteiger partial charge < -0.3 is 10.4 Å². The molecule has 2 rings (SSSR count). The summed E-state index contributed by atoms with van der Waals surface area (Å²) in [5, 5.41) is 11.1. The largest absolute Gasteiger partial charge is 0.396 e. The summed E-state index contributed by atoms with van der Waals surface area (Å²) in [6.45, 7) is -0.181. The molecule has 2 aromatic rings. The number of nitrogens with one attached hydrogen (secondary N) is 1. The summed E-state index contributed by atoms with van der Waals surface area (Å²) >= 11 is 5.92. The minimum Gasteiger partial charge on any atom is -0.396 e. The number of rotatable bonds is 6. The van der Waals surface area contributed by atoms with Gasteiger partial charge in [0.25, 0.3) is 5.91 Å². The number of alkyl halides is 1. The summed E-state index contributed by atoms with van der Waals surface area (Å²) in [6, 6.07) is 5.12. The Morgan fingerprint density at radius 1 is 1.16 bits per heavy atom. The van der Waals surface area contributed by atoms with Crippen LogP contribution in [0.5, 0.6) is 0 Å². The van der Waals surface area contributed by atoms with Crippen LogP contribution < -0.4 is 5.32 Å². The molecule has 25 heavy (non-hydrogen) atoms. The van der Waals surface area contributed by atoms with Gasteiger partial charge in [0.05, 0.1) is 0 Å². The third-order valence-corrected chi connectivity index (χ3v) is 3.80. The summed E-state index contributed by atoms with van der Waals surface area (Å²) in [7, 11) is 0. The molecule has 2 N–H and O–H groups in total. The number of amides is 1. The Morgan fingerprint density at radius 2 is 1.80 bits per heavy atom. The molecule has 0 aliphatic rings. The zero-order chi connectivity index (χ0) is 18.6. The highest BCUT2D eigenvalue weighted by molar-refractivity contribution is 6.31. The predicted molar refractivity (Wildman–Crippen MR) is 85.9 cm³/mol. The average Bonchev–Trinajstić information content (AvgIpc) is 2.57. The van der Waals surface area contributed by atoms with Crippen molar-refractivity contribution in [3.8, 4) is 0 Å². The van der Waals surface area contributed by atoms with Crippen LogP contribution in [0, 0.1) is 17.5 Å². The molecule has 0 heterocycles. The van der Waals surface area contributed by atoms with E-state index in [2.05, 4.69) is 5.32 Å². The zero-order valence-corrected chi connectivity index (χ0v) is 13.6. The molecule has 0 spiro atoms. The number of anilines is 1. The van der Waals surface area contributed by atoms with Crippen molar-refractivity contribution < 1.29 is 27.5 Å². The van der Waals surface area contributed by atoms with E-state index in [1.54, 1.807) is 0 Å². The number of aliphatic hydroxyl groups excluding tert-OH is 1. The topological polar surface area (TPSA) is 49.3 Å². The number of halogens is 5. The SMILES string of the molecule is O=C(Nc1cc(F)c(F)c(F)c1)c1ccc(Cl)c(C(F)CCCO)c1. The molecule has 0 aliphatic carbocycles. The lowest BCUT2D eigenvalue weighted by atomic mass is 10.0. The van der Waals surface area contributed by atoms with Crippen molar-refractivity contribution in [2.75, 3.05) is 11.9 Å². The van der Waals surface area contributed by atoms with Crippen LogP contribution in [0.4, 0.5) is 23.2 Å². The summed E-state index contributed by atoms with van der Waals surface area (Å²) in [5.41, 5.74) is -0.203. The van der Waals surface area contributed by atoms with Crippen molar-refractivity contribution >= 4 is 23.2 Å². The number of hydrogen-bond acceptors (Lipinski definition) is 2. The van der Waals surface area contributed by atoms with Crippen LogP contribution in [0.2, 0.25) is 5.02 Å². The minimum atomic E-state index is -1.64. The van der Waals surface area contributed by atoms with Gasteiger partial charge in [-0.2, -0.15) is 0 Å². The maximum absolute atomic E-state index is 14.1. The number of hydrogen-bond donors (Lipinski definition) is 2. The van der Waals surface area contributed by atoms with Crippen LogP contribution in [0.15, 0.2) is 30.3 Å². The lowest BCUT2D eigenvalue weighted by Gasteiger charge is -2.12. The minimum absolute atomic E-state index is 0.0104. The summed E-state index contributed by atoms with van der Waals surface area (Å²) in [4.78, 5) is 12.2. The van der Waals surface area contributed by atoms with Crippen LogP contribution in [-0.2, 0) is 0 Å². The van der Waals surface area contributed by atoms with E-state index >= 15 is 0 Å². The van der Waals surface area contributed by atoms with Gasteiger partial charge in [-0.15, -0.1) is 0 Å². The molecule has 0 aliphatic heterocycles. The molecular weight excluding hydrogens is 362 g/mol. The lowest BCUT2D eigenvalue weighted by molar-refractivity contribution is 0.102. The Bertz CT molecular complexity index is 762. The van der Waals surface area contributed by atoms with Crippen LogP contribution >= 0.6 is 11.6 Å². The van der Waals surface area contributed by atoms with Crippen molar-refractivity contribution in [2.24, 2.45) is 0 Å². The Labute approximate surface area is 146 Å². The van der Waals surface area contributed by atoms with E-state index in [1.807, 2.05) is 0 Å². The second-order valence-electron chi connectivity index (χ2n) is 5.28. The fourth-order valence-electron chi connectivity index (χ4n) is 2.18. The Kier molecular flexibility index (Phi) is 6.39. The number of carbonyl (C=O) groups is 1. The average molecular weight is 376 g/mol. The van der Waals surface area contributed by atoms with Crippen molar-refractivity contribution in [1.29, 1.82) is 0 Å². The molecule has 3 nitrogen and oxygen atoms in total. The van der Waals surface area contributed by atoms with Crippen LogP contribution in [0.25, 0.3) is 0 Å². The molecule has 134 valence electrons. The summed E-state index contributed by atoms with van der Waals surface area (Å²) < 4.78 is 53.4. The van der Waals surface area contributed by atoms with Crippen LogP contribution in [0.1, 0.15) is 34.9 Å². The van der Waals surface area contributed by atoms with Gasteiger partial charge >= 0.3 is 0 Å². The number of benzene rings is 2. The van der Waals surface area contributed by atoms with E-state index in [4.69, 9.17) is 16.7 Å². The summed E-state index contributed by atoms with van der Waals surface area (Å²) in [6.07, 6.45) is -1.23. The fourth-order valence-corrected chi connectivity index (χ4v) is 2.42. The van der Waals surface area contributed by atoms with Gasteiger partial charge in [-0.1, -0.05) is 11.6 Å². The second-order valence-corrected chi connectivity index (χ2v) is 5.68.